The molecule has 0 saturated heterocycles. The number of halogens is 1. The number of unbranched alkanes of at least 4 members (excludes halogenated alkanes) is 3. The maximum Gasteiger partial charge on any atom is 0.227 e. The summed E-state index contributed by atoms with van der Waals surface area (Å²) in [7, 11) is 0. The Kier molecular flexibility index (Phi) is 5.64. The SMILES string of the molecule is CCCCCCc1cccc(C)c1-c1ncc(-c2cccc(F)c2)o1. The van der Waals surface area contributed by atoms with Gasteiger partial charge >= 0.3 is 0 Å². The number of rotatable bonds is 7. The number of oxazole rings is 1. The average molecular weight is 337 g/mol. The van der Waals surface area contributed by atoms with Crippen molar-refractivity contribution in [1.29, 1.82) is 0 Å². The van der Waals surface area contributed by atoms with Crippen LogP contribution in [0.5, 0.6) is 0 Å². The minimum atomic E-state index is -0.275. The normalized spacial score (nSPS) is 11.0. The zero-order chi connectivity index (χ0) is 17.6. The largest absolute Gasteiger partial charge is 0.436 e. The van der Waals surface area contributed by atoms with Crippen LogP contribution in [0.4, 0.5) is 4.39 Å². The Bertz CT molecular complexity index is 838. The summed E-state index contributed by atoms with van der Waals surface area (Å²) >= 11 is 0. The van der Waals surface area contributed by atoms with Crippen molar-refractivity contribution in [2.24, 2.45) is 0 Å². The van der Waals surface area contributed by atoms with Gasteiger partial charge in [0.2, 0.25) is 5.89 Å². The summed E-state index contributed by atoms with van der Waals surface area (Å²) in [5.74, 6) is 0.931. The first-order chi connectivity index (χ1) is 12.2. The molecule has 0 aliphatic carbocycles. The molecule has 25 heavy (non-hydrogen) atoms. The monoisotopic (exact) mass is 337 g/mol. The Morgan fingerprint density at radius 2 is 1.88 bits per heavy atom. The van der Waals surface area contributed by atoms with Gasteiger partial charge in [-0.2, -0.15) is 0 Å². The molecular formula is C22H24FNO. The van der Waals surface area contributed by atoms with Crippen LogP contribution in [0.15, 0.2) is 53.1 Å². The summed E-state index contributed by atoms with van der Waals surface area (Å²) in [6.45, 7) is 4.30. The first-order valence-corrected chi connectivity index (χ1v) is 8.99. The van der Waals surface area contributed by atoms with Gasteiger partial charge in [0.15, 0.2) is 5.76 Å². The lowest BCUT2D eigenvalue weighted by Gasteiger charge is -2.10. The third-order valence-electron chi connectivity index (χ3n) is 4.49. The third kappa shape index (κ3) is 4.16. The molecule has 0 radical (unpaired) electrons. The molecule has 0 saturated carbocycles. The molecule has 0 spiro atoms. The first kappa shape index (κ1) is 17.4. The molecule has 1 aromatic heterocycles. The molecule has 1 heterocycles. The highest BCUT2D eigenvalue weighted by Crippen LogP contribution is 2.31. The van der Waals surface area contributed by atoms with Crippen molar-refractivity contribution < 1.29 is 8.81 Å². The van der Waals surface area contributed by atoms with E-state index in [1.807, 2.05) is 6.07 Å². The number of benzene rings is 2. The predicted molar refractivity (Wildman–Crippen MR) is 99.9 cm³/mol. The lowest BCUT2D eigenvalue weighted by Crippen LogP contribution is -1.94. The van der Waals surface area contributed by atoms with E-state index < -0.39 is 0 Å². The van der Waals surface area contributed by atoms with Crippen molar-refractivity contribution in [3.05, 3.63) is 65.6 Å². The number of aryl methyl sites for hydroxylation is 2. The van der Waals surface area contributed by atoms with Gasteiger partial charge < -0.3 is 4.42 Å². The highest BCUT2D eigenvalue weighted by Gasteiger charge is 2.15. The molecular weight excluding hydrogens is 313 g/mol. The van der Waals surface area contributed by atoms with Gasteiger partial charge in [-0.1, -0.05) is 56.5 Å². The standard InChI is InChI=1S/C22H24FNO/c1-3-4-5-6-10-17-11-7-9-16(2)21(17)22-24-15-20(25-22)18-12-8-13-19(23)14-18/h7-9,11-15H,3-6,10H2,1-2H3. The van der Waals surface area contributed by atoms with E-state index in [1.54, 1.807) is 12.3 Å². The van der Waals surface area contributed by atoms with Gasteiger partial charge in [0, 0.05) is 11.1 Å². The van der Waals surface area contributed by atoms with E-state index in [-0.39, 0.29) is 5.82 Å². The van der Waals surface area contributed by atoms with Crippen molar-refractivity contribution in [2.45, 2.75) is 46.0 Å². The molecule has 2 nitrogen and oxygen atoms in total. The highest BCUT2D eigenvalue weighted by molar-refractivity contribution is 5.66. The average Bonchev–Trinajstić information content (AvgIpc) is 3.08. The predicted octanol–water partition coefficient (Wildman–Crippen LogP) is 6.58. The molecule has 0 unspecified atom stereocenters. The molecule has 2 aromatic carbocycles. The Hall–Kier alpha value is -2.42. The Morgan fingerprint density at radius 1 is 1.04 bits per heavy atom. The smallest absolute Gasteiger partial charge is 0.227 e. The van der Waals surface area contributed by atoms with Crippen LogP contribution >= 0.6 is 0 Å². The molecule has 0 atom stereocenters. The number of nitrogens with zero attached hydrogens (tertiary/aromatic N) is 1. The van der Waals surface area contributed by atoms with Crippen LogP contribution < -0.4 is 0 Å². The lowest BCUT2D eigenvalue weighted by molar-refractivity contribution is 0.584. The van der Waals surface area contributed by atoms with E-state index in [1.165, 1.54) is 43.4 Å². The zero-order valence-electron chi connectivity index (χ0n) is 14.9. The summed E-state index contributed by atoms with van der Waals surface area (Å²) in [5.41, 5.74) is 4.20. The molecule has 3 heteroatoms. The second kappa shape index (κ2) is 8.11. The van der Waals surface area contributed by atoms with Gasteiger partial charge in [-0.3, -0.25) is 0 Å². The van der Waals surface area contributed by atoms with E-state index in [9.17, 15) is 4.39 Å². The van der Waals surface area contributed by atoms with Crippen LogP contribution in [-0.2, 0) is 6.42 Å². The minimum Gasteiger partial charge on any atom is -0.436 e. The van der Waals surface area contributed by atoms with Crippen molar-refractivity contribution in [2.75, 3.05) is 0 Å². The van der Waals surface area contributed by atoms with Gasteiger partial charge in [0.05, 0.1) is 6.20 Å². The molecule has 3 rings (SSSR count). The van der Waals surface area contributed by atoms with Crippen LogP contribution in [0.2, 0.25) is 0 Å². The molecule has 3 aromatic rings. The summed E-state index contributed by atoms with van der Waals surface area (Å²) in [6, 6.07) is 12.7. The lowest BCUT2D eigenvalue weighted by atomic mass is 9.97. The van der Waals surface area contributed by atoms with Gasteiger partial charge in [0.1, 0.15) is 5.82 Å². The molecule has 0 aliphatic rings. The maximum atomic E-state index is 13.5. The number of hydrogen-bond donors (Lipinski definition) is 0. The molecule has 0 bridgehead atoms. The van der Waals surface area contributed by atoms with Crippen LogP contribution in [0.1, 0.15) is 43.7 Å². The van der Waals surface area contributed by atoms with E-state index in [2.05, 4.69) is 37.0 Å². The second-order valence-corrected chi connectivity index (χ2v) is 6.46. The van der Waals surface area contributed by atoms with Crippen LogP contribution in [0.3, 0.4) is 0 Å². The van der Waals surface area contributed by atoms with Crippen molar-refractivity contribution in [3.8, 4) is 22.8 Å². The fraction of sp³-hybridized carbons (Fsp3) is 0.318. The Labute approximate surface area is 148 Å². The summed E-state index contributed by atoms with van der Waals surface area (Å²) in [5, 5.41) is 0. The Balaban J connectivity index is 1.89. The summed E-state index contributed by atoms with van der Waals surface area (Å²) in [6.07, 6.45) is 7.61. The van der Waals surface area contributed by atoms with E-state index in [0.717, 1.165) is 17.5 Å². The molecule has 0 fully saturated rings. The van der Waals surface area contributed by atoms with Gasteiger partial charge in [-0.25, -0.2) is 9.37 Å². The van der Waals surface area contributed by atoms with Crippen LogP contribution in [-0.4, -0.2) is 4.98 Å². The van der Waals surface area contributed by atoms with E-state index in [0.29, 0.717) is 17.2 Å². The molecule has 130 valence electrons. The second-order valence-electron chi connectivity index (χ2n) is 6.46. The molecule has 0 N–H and O–H groups in total. The number of hydrogen-bond acceptors (Lipinski definition) is 2. The molecule has 0 amide bonds. The summed E-state index contributed by atoms with van der Waals surface area (Å²) in [4.78, 5) is 4.47. The Morgan fingerprint density at radius 3 is 2.68 bits per heavy atom. The maximum absolute atomic E-state index is 13.5. The van der Waals surface area contributed by atoms with Crippen molar-refractivity contribution >= 4 is 0 Å². The minimum absolute atomic E-state index is 0.275. The van der Waals surface area contributed by atoms with Crippen LogP contribution in [0.25, 0.3) is 22.8 Å². The van der Waals surface area contributed by atoms with Crippen molar-refractivity contribution in [3.63, 3.8) is 0 Å². The first-order valence-electron chi connectivity index (χ1n) is 8.99. The van der Waals surface area contributed by atoms with Gasteiger partial charge in [0.25, 0.3) is 0 Å². The van der Waals surface area contributed by atoms with Gasteiger partial charge in [-0.05, 0) is 43.0 Å². The number of aromatic nitrogens is 1. The quantitative estimate of drug-likeness (QED) is 0.455. The topological polar surface area (TPSA) is 26.0 Å². The third-order valence-corrected chi connectivity index (χ3v) is 4.49. The highest BCUT2D eigenvalue weighted by atomic mass is 19.1. The van der Waals surface area contributed by atoms with E-state index in [4.69, 9.17) is 4.42 Å². The van der Waals surface area contributed by atoms with Crippen LogP contribution in [0, 0.1) is 12.7 Å². The molecule has 0 aliphatic heterocycles. The zero-order valence-corrected chi connectivity index (χ0v) is 14.9. The fourth-order valence-corrected chi connectivity index (χ4v) is 3.15. The summed E-state index contributed by atoms with van der Waals surface area (Å²) < 4.78 is 19.4. The fourth-order valence-electron chi connectivity index (χ4n) is 3.15. The van der Waals surface area contributed by atoms with Crippen molar-refractivity contribution in [1.82, 2.24) is 4.98 Å². The van der Waals surface area contributed by atoms with Gasteiger partial charge in [-0.15, -0.1) is 0 Å². The van der Waals surface area contributed by atoms with E-state index >= 15 is 0 Å².